The van der Waals surface area contributed by atoms with Crippen molar-refractivity contribution in [3.63, 3.8) is 0 Å². The zero-order chi connectivity index (χ0) is 16.0. The van der Waals surface area contributed by atoms with Crippen LogP contribution in [0, 0.1) is 5.92 Å². The molecular weight excluding hydrogens is 268 g/mol. The lowest BCUT2D eigenvalue weighted by Gasteiger charge is -2.26. The predicted molar refractivity (Wildman–Crippen MR) is 85.4 cm³/mol. The minimum Gasteiger partial charge on any atom is -0.462 e. The first kappa shape index (κ1) is 17.2. The zero-order valence-electron chi connectivity index (χ0n) is 13.5. The van der Waals surface area contributed by atoms with Gasteiger partial charge in [-0.15, -0.1) is 0 Å². The molecule has 3 N–H and O–H groups in total. The SMILES string of the molecule is CCOC(=O)c1cc(NC(CN(C)C)C(C)C)ncc1N. The number of hydrogen-bond acceptors (Lipinski definition) is 6. The van der Waals surface area contributed by atoms with E-state index in [0.29, 0.717) is 29.6 Å². The van der Waals surface area contributed by atoms with E-state index >= 15 is 0 Å². The summed E-state index contributed by atoms with van der Waals surface area (Å²) in [7, 11) is 4.05. The Balaban J connectivity index is 2.92. The number of nitrogen functional groups attached to an aromatic ring is 1. The molecule has 1 unspecified atom stereocenters. The molecule has 1 atom stereocenters. The third kappa shape index (κ3) is 5.23. The lowest BCUT2D eigenvalue weighted by molar-refractivity contribution is 0.0527. The van der Waals surface area contributed by atoms with Gasteiger partial charge in [-0.05, 0) is 33.0 Å². The fraction of sp³-hybridized carbons (Fsp3) is 0.600. The molecular formula is C15H26N4O2. The molecule has 0 aliphatic carbocycles. The molecule has 1 aromatic heterocycles. The summed E-state index contributed by atoms with van der Waals surface area (Å²) in [6.45, 7) is 7.24. The van der Waals surface area contributed by atoms with Gasteiger partial charge in [0.1, 0.15) is 5.82 Å². The summed E-state index contributed by atoms with van der Waals surface area (Å²) in [5.74, 6) is 0.639. The van der Waals surface area contributed by atoms with Gasteiger partial charge in [0.25, 0.3) is 0 Å². The van der Waals surface area contributed by atoms with Gasteiger partial charge in [0.15, 0.2) is 0 Å². The Labute approximate surface area is 126 Å². The van der Waals surface area contributed by atoms with Gasteiger partial charge in [0, 0.05) is 12.6 Å². The van der Waals surface area contributed by atoms with Crippen LogP contribution in [0.3, 0.4) is 0 Å². The van der Waals surface area contributed by atoms with Crippen LogP contribution in [0.25, 0.3) is 0 Å². The van der Waals surface area contributed by atoms with Crippen molar-refractivity contribution in [3.8, 4) is 0 Å². The normalized spacial score (nSPS) is 12.5. The van der Waals surface area contributed by atoms with Crippen LogP contribution in [-0.2, 0) is 4.74 Å². The van der Waals surface area contributed by atoms with Crippen molar-refractivity contribution < 1.29 is 9.53 Å². The molecule has 6 nitrogen and oxygen atoms in total. The van der Waals surface area contributed by atoms with Crippen molar-refractivity contribution in [2.24, 2.45) is 5.92 Å². The largest absolute Gasteiger partial charge is 0.462 e. The van der Waals surface area contributed by atoms with E-state index in [1.165, 1.54) is 6.20 Å². The molecule has 21 heavy (non-hydrogen) atoms. The zero-order valence-corrected chi connectivity index (χ0v) is 13.5. The third-order valence-electron chi connectivity index (χ3n) is 3.13. The summed E-state index contributed by atoms with van der Waals surface area (Å²) < 4.78 is 5.00. The maximum absolute atomic E-state index is 11.8. The number of esters is 1. The molecule has 1 rings (SSSR count). The van der Waals surface area contributed by atoms with Gasteiger partial charge >= 0.3 is 5.97 Å². The highest BCUT2D eigenvalue weighted by molar-refractivity contribution is 5.95. The standard InChI is InChI=1S/C15H26N4O2/c1-6-21-15(20)11-7-14(17-8-12(11)16)18-13(10(2)3)9-19(4)5/h7-8,10,13H,6,9,16H2,1-5H3,(H,17,18). The van der Waals surface area contributed by atoms with Gasteiger partial charge in [-0.2, -0.15) is 0 Å². The number of anilines is 2. The number of carbonyl (C=O) groups excluding carboxylic acids is 1. The molecule has 0 saturated carbocycles. The van der Waals surface area contributed by atoms with Crippen molar-refractivity contribution in [1.82, 2.24) is 9.88 Å². The monoisotopic (exact) mass is 294 g/mol. The summed E-state index contributed by atoms with van der Waals surface area (Å²) in [5.41, 5.74) is 6.47. The Morgan fingerprint density at radius 3 is 2.67 bits per heavy atom. The average Bonchev–Trinajstić information content (AvgIpc) is 2.39. The van der Waals surface area contributed by atoms with Crippen molar-refractivity contribution in [2.45, 2.75) is 26.8 Å². The molecule has 0 radical (unpaired) electrons. The van der Waals surface area contributed by atoms with Gasteiger partial charge in [0.05, 0.1) is 24.1 Å². The minimum atomic E-state index is -0.422. The van der Waals surface area contributed by atoms with E-state index in [9.17, 15) is 4.79 Å². The summed E-state index contributed by atoms with van der Waals surface area (Å²) in [4.78, 5) is 18.2. The molecule has 0 aliphatic heterocycles. The van der Waals surface area contributed by atoms with Gasteiger partial charge in [-0.3, -0.25) is 0 Å². The van der Waals surface area contributed by atoms with Crippen molar-refractivity contribution in [1.29, 1.82) is 0 Å². The van der Waals surface area contributed by atoms with Crippen LogP contribution in [0.4, 0.5) is 11.5 Å². The molecule has 1 heterocycles. The second kappa shape index (κ2) is 7.83. The lowest BCUT2D eigenvalue weighted by atomic mass is 10.0. The van der Waals surface area contributed by atoms with E-state index < -0.39 is 5.97 Å². The van der Waals surface area contributed by atoms with E-state index in [4.69, 9.17) is 10.5 Å². The van der Waals surface area contributed by atoms with Crippen LogP contribution in [0.15, 0.2) is 12.3 Å². The molecule has 0 saturated heterocycles. The minimum absolute atomic E-state index is 0.228. The molecule has 0 spiro atoms. The third-order valence-corrected chi connectivity index (χ3v) is 3.13. The molecule has 0 fully saturated rings. The van der Waals surface area contributed by atoms with E-state index in [-0.39, 0.29) is 6.04 Å². The van der Waals surface area contributed by atoms with Gasteiger partial charge < -0.3 is 20.7 Å². The number of carbonyl (C=O) groups is 1. The molecule has 118 valence electrons. The second-order valence-electron chi connectivity index (χ2n) is 5.63. The summed E-state index contributed by atoms with van der Waals surface area (Å²) in [6, 6.07) is 1.88. The topological polar surface area (TPSA) is 80.5 Å². The van der Waals surface area contributed by atoms with Gasteiger partial charge in [0.2, 0.25) is 0 Å². The van der Waals surface area contributed by atoms with E-state index in [2.05, 4.69) is 29.0 Å². The Morgan fingerprint density at radius 1 is 1.48 bits per heavy atom. The smallest absolute Gasteiger partial charge is 0.340 e. The summed E-state index contributed by atoms with van der Waals surface area (Å²) in [6.07, 6.45) is 1.49. The average molecular weight is 294 g/mol. The van der Waals surface area contributed by atoms with Crippen LogP contribution < -0.4 is 11.1 Å². The number of ether oxygens (including phenoxy) is 1. The molecule has 0 amide bonds. The van der Waals surface area contributed by atoms with Crippen LogP contribution in [0.1, 0.15) is 31.1 Å². The van der Waals surface area contributed by atoms with Crippen molar-refractivity contribution in [3.05, 3.63) is 17.8 Å². The first-order chi connectivity index (χ1) is 9.85. The summed E-state index contributed by atoms with van der Waals surface area (Å²) in [5, 5.41) is 3.36. The van der Waals surface area contributed by atoms with Crippen molar-refractivity contribution >= 4 is 17.5 Å². The Morgan fingerprint density at radius 2 is 2.14 bits per heavy atom. The fourth-order valence-corrected chi connectivity index (χ4v) is 1.94. The number of likely N-dealkylation sites (N-methyl/N-ethyl adjacent to an activating group) is 1. The van der Waals surface area contributed by atoms with E-state index in [1.54, 1.807) is 13.0 Å². The Bertz CT molecular complexity index is 475. The molecule has 0 bridgehead atoms. The number of pyridine rings is 1. The van der Waals surface area contributed by atoms with Gasteiger partial charge in [-0.25, -0.2) is 9.78 Å². The van der Waals surface area contributed by atoms with Crippen LogP contribution in [-0.4, -0.2) is 49.1 Å². The van der Waals surface area contributed by atoms with E-state index in [1.807, 2.05) is 14.1 Å². The number of nitrogens with zero attached hydrogens (tertiary/aromatic N) is 2. The Kier molecular flexibility index (Phi) is 6.42. The van der Waals surface area contributed by atoms with Crippen LogP contribution in [0.2, 0.25) is 0 Å². The quantitative estimate of drug-likeness (QED) is 0.747. The highest BCUT2D eigenvalue weighted by Crippen LogP contribution is 2.18. The number of nitrogens with one attached hydrogen (secondary N) is 1. The number of rotatable bonds is 7. The molecule has 0 aliphatic rings. The van der Waals surface area contributed by atoms with Crippen LogP contribution in [0.5, 0.6) is 0 Å². The maximum Gasteiger partial charge on any atom is 0.340 e. The highest BCUT2D eigenvalue weighted by atomic mass is 16.5. The van der Waals surface area contributed by atoms with Crippen molar-refractivity contribution in [2.75, 3.05) is 38.3 Å². The fourth-order valence-electron chi connectivity index (χ4n) is 1.94. The van der Waals surface area contributed by atoms with Crippen LogP contribution >= 0.6 is 0 Å². The number of hydrogen-bond donors (Lipinski definition) is 2. The highest BCUT2D eigenvalue weighted by Gasteiger charge is 2.17. The van der Waals surface area contributed by atoms with E-state index in [0.717, 1.165) is 6.54 Å². The Hall–Kier alpha value is -1.82. The first-order valence-electron chi connectivity index (χ1n) is 7.19. The summed E-state index contributed by atoms with van der Waals surface area (Å²) >= 11 is 0. The molecule has 0 aromatic carbocycles. The second-order valence-corrected chi connectivity index (χ2v) is 5.63. The maximum atomic E-state index is 11.8. The molecule has 1 aromatic rings. The number of nitrogens with two attached hydrogens (primary N) is 1. The lowest BCUT2D eigenvalue weighted by Crippen LogP contribution is -2.36. The van der Waals surface area contributed by atoms with Gasteiger partial charge in [-0.1, -0.05) is 13.8 Å². The number of aromatic nitrogens is 1. The molecule has 6 heteroatoms. The first-order valence-corrected chi connectivity index (χ1v) is 7.19. The predicted octanol–water partition coefficient (Wildman–Crippen LogP) is 1.84.